The number of benzene rings is 2. The molecular formula is C17H14F2N2OS. The average Bonchev–Trinajstić information content (AvgIpc) is 2.57. The number of amides is 1. The van der Waals surface area contributed by atoms with Gasteiger partial charge in [-0.3, -0.25) is 4.79 Å². The van der Waals surface area contributed by atoms with Crippen LogP contribution in [-0.2, 0) is 4.79 Å². The van der Waals surface area contributed by atoms with Gasteiger partial charge in [0.25, 0.3) is 0 Å². The van der Waals surface area contributed by atoms with Gasteiger partial charge in [0.15, 0.2) is 11.6 Å². The Labute approximate surface area is 137 Å². The molecule has 0 radical (unpaired) electrons. The van der Waals surface area contributed by atoms with Crippen LogP contribution in [0.25, 0.3) is 0 Å². The van der Waals surface area contributed by atoms with Gasteiger partial charge >= 0.3 is 0 Å². The third-order valence-electron chi connectivity index (χ3n) is 3.07. The highest BCUT2D eigenvalue weighted by Crippen LogP contribution is 2.22. The Bertz CT molecular complexity index is 716. The number of carbonyl (C=O) groups is 1. The molecule has 0 saturated carbocycles. The fraction of sp³-hybridized carbons (Fsp3) is 0.176. The molecule has 0 saturated heterocycles. The molecule has 0 aliphatic heterocycles. The number of hydrogen-bond donors (Lipinski definition) is 0. The Morgan fingerprint density at radius 3 is 2.52 bits per heavy atom. The second-order valence-electron chi connectivity index (χ2n) is 4.65. The van der Waals surface area contributed by atoms with E-state index >= 15 is 0 Å². The third kappa shape index (κ3) is 4.80. The number of nitrogens with zero attached hydrogens (tertiary/aromatic N) is 2. The molecule has 118 valence electrons. The molecule has 0 bridgehead atoms. The molecule has 0 aliphatic rings. The molecule has 0 fully saturated rings. The van der Waals surface area contributed by atoms with Crippen LogP contribution in [0.1, 0.15) is 6.42 Å². The maximum atomic E-state index is 13.2. The van der Waals surface area contributed by atoms with Crippen LogP contribution < -0.4 is 4.90 Å². The van der Waals surface area contributed by atoms with Crippen molar-refractivity contribution in [2.45, 2.75) is 11.3 Å². The van der Waals surface area contributed by atoms with E-state index in [2.05, 4.69) is 0 Å². The van der Waals surface area contributed by atoms with Crippen LogP contribution in [0.2, 0.25) is 0 Å². The molecule has 0 heterocycles. The highest BCUT2D eigenvalue weighted by molar-refractivity contribution is 8.00. The molecule has 0 unspecified atom stereocenters. The first kappa shape index (κ1) is 17.0. The van der Waals surface area contributed by atoms with E-state index in [4.69, 9.17) is 5.26 Å². The first-order valence-electron chi connectivity index (χ1n) is 6.92. The molecule has 0 spiro atoms. The van der Waals surface area contributed by atoms with Crippen molar-refractivity contribution in [3.05, 3.63) is 60.2 Å². The van der Waals surface area contributed by atoms with Crippen molar-refractivity contribution in [3.63, 3.8) is 0 Å². The van der Waals surface area contributed by atoms with Crippen LogP contribution in [0.4, 0.5) is 14.5 Å². The summed E-state index contributed by atoms with van der Waals surface area (Å²) in [7, 11) is 0. The predicted molar refractivity (Wildman–Crippen MR) is 86.1 cm³/mol. The number of carbonyl (C=O) groups excluding carboxylic acids is 1. The summed E-state index contributed by atoms with van der Waals surface area (Å²) in [6, 6.07) is 14.6. The van der Waals surface area contributed by atoms with Crippen LogP contribution in [0.15, 0.2) is 53.4 Å². The largest absolute Gasteiger partial charge is 0.311 e. The minimum absolute atomic E-state index is 0.0748. The molecule has 0 atom stereocenters. The second-order valence-corrected chi connectivity index (χ2v) is 5.70. The molecule has 2 rings (SSSR count). The summed E-state index contributed by atoms with van der Waals surface area (Å²) in [6.45, 7) is 0.289. The smallest absolute Gasteiger partial charge is 0.237 e. The molecule has 2 aromatic rings. The molecule has 3 nitrogen and oxygen atoms in total. The zero-order valence-electron chi connectivity index (χ0n) is 12.2. The van der Waals surface area contributed by atoms with Gasteiger partial charge in [-0.25, -0.2) is 8.78 Å². The lowest BCUT2D eigenvalue weighted by molar-refractivity contribution is -0.116. The summed E-state index contributed by atoms with van der Waals surface area (Å²) in [4.78, 5) is 14.4. The lowest BCUT2D eigenvalue weighted by atomic mass is 10.2. The Balaban J connectivity index is 2.05. The summed E-state index contributed by atoms with van der Waals surface area (Å²) in [6.07, 6.45) is 0.219. The highest BCUT2D eigenvalue weighted by Gasteiger charge is 2.16. The fourth-order valence-electron chi connectivity index (χ4n) is 1.96. The van der Waals surface area contributed by atoms with E-state index in [1.807, 2.05) is 24.3 Å². The molecule has 1 amide bonds. The summed E-state index contributed by atoms with van der Waals surface area (Å²) in [5.74, 6) is -1.97. The minimum atomic E-state index is -0.938. The Kier molecular flexibility index (Phi) is 6.12. The van der Waals surface area contributed by atoms with E-state index in [0.717, 1.165) is 23.9 Å². The van der Waals surface area contributed by atoms with Crippen molar-refractivity contribution in [1.29, 1.82) is 5.26 Å². The number of anilines is 1. The van der Waals surface area contributed by atoms with Crippen LogP contribution in [0, 0.1) is 23.0 Å². The Morgan fingerprint density at radius 2 is 1.87 bits per heavy atom. The average molecular weight is 332 g/mol. The summed E-state index contributed by atoms with van der Waals surface area (Å²) >= 11 is 1.13. The number of thioether (sulfide) groups is 1. The zero-order valence-corrected chi connectivity index (χ0v) is 13.0. The molecule has 0 aromatic heterocycles. The SMILES string of the molecule is N#CCCN(C(=O)CSc1ccc(F)c(F)c1)c1ccccc1. The lowest BCUT2D eigenvalue weighted by Crippen LogP contribution is -2.33. The van der Waals surface area contributed by atoms with Gasteiger partial charge in [-0.15, -0.1) is 11.8 Å². The zero-order chi connectivity index (χ0) is 16.7. The molecule has 2 aromatic carbocycles. The summed E-state index contributed by atoms with van der Waals surface area (Å²) in [5, 5.41) is 8.74. The monoisotopic (exact) mass is 332 g/mol. The van der Waals surface area contributed by atoms with Gasteiger partial charge in [-0.1, -0.05) is 18.2 Å². The highest BCUT2D eigenvalue weighted by atomic mass is 32.2. The first-order valence-corrected chi connectivity index (χ1v) is 7.90. The Hall–Kier alpha value is -2.39. The van der Waals surface area contributed by atoms with Gasteiger partial charge in [0, 0.05) is 17.1 Å². The van der Waals surface area contributed by atoms with E-state index in [-0.39, 0.29) is 24.6 Å². The molecule has 0 aliphatic carbocycles. The molecule has 23 heavy (non-hydrogen) atoms. The van der Waals surface area contributed by atoms with Gasteiger partial charge < -0.3 is 4.90 Å². The molecule has 0 N–H and O–H groups in total. The van der Waals surface area contributed by atoms with Crippen LogP contribution in [0.5, 0.6) is 0 Å². The topological polar surface area (TPSA) is 44.1 Å². The van der Waals surface area contributed by atoms with Gasteiger partial charge in [-0.2, -0.15) is 5.26 Å². The number of para-hydroxylation sites is 1. The van der Waals surface area contributed by atoms with Crippen LogP contribution >= 0.6 is 11.8 Å². The molecule has 6 heteroatoms. The number of halogens is 2. The van der Waals surface area contributed by atoms with E-state index in [1.54, 1.807) is 12.1 Å². The van der Waals surface area contributed by atoms with E-state index < -0.39 is 11.6 Å². The number of rotatable bonds is 6. The van der Waals surface area contributed by atoms with Crippen molar-refractivity contribution in [3.8, 4) is 6.07 Å². The van der Waals surface area contributed by atoms with Gasteiger partial charge in [0.1, 0.15) is 0 Å². The normalized spacial score (nSPS) is 10.1. The fourth-order valence-corrected chi connectivity index (χ4v) is 2.75. The summed E-state index contributed by atoms with van der Waals surface area (Å²) < 4.78 is 26.1. The number of nitriles is 1. The van der Waals surface area contributed by atoms with Crippen LogP contribution in [-0.4, -0.2) is 18.2 Å². The first-order chi connectivity index (χ1) is 11.1. The van der Waals surface area contributed by atoms with Crippen LogP contribution in [0.3, 0.4) is 0 Å². The van der Waals surface area contributed by atoms with Gasteiger partial charge in [0.2, 0.25) is 5.91 Å². The quantitative estimate of drug-likeness (QED) is 0.751. The van der Waals surface area contributed by atoms with Gasteiger partial charge in [-0.05, 0) is 30.3 Å². The lowest BCUT2D eigenvalue weighted by Gasteiger charge is -2.21. The maximum Gasteiger partial charge on any atom is 0.237 e. The Morgan fingerprint density at radius 1 is 1.13 bits per heavy atom. The molecular weight excluding hydrogens is 318 g/mol. The number of hydrogen-bond acceptors (Lipinski definition) is 3. The van der Waals surface area contributed by atoms with E-state index in [1.165, 1.54) is 11.0 Å². The van der Waals surface area contributed by atoms with Gasteiger partial charge in [0.05, 0.1) is 18.2 Å². The third-order valence-corrected chi connectivity index (χ3v) is 4.05. The second kappa shape index (κ2) is 8.30. The predicted octanol–water partition coefficient (Wildman–Crippen LogP) is 4.00. The van der Waals surface area contributed by atoms with Crippen molar-refractivity contribution in [2.75, 3.05) is 17.2 Å². The maximum absolute atomic E-state index is 13.2. The van der Waals surface area contributed by atoms with E-state index in [0.29, 0.717) is 10.6 Å². The van der Waals surface area contributed by atoms with Crippen molar-refractivity contribution < 1.29 is 13.6 Å². The van der Waals surface area contributed by atoms with Crippen molar-refractivity contribution in [1.82, 2.24) is 0 Å². The minimum Gasteiger partial charge on any atom is -0.311 e. The van der Waals surface area contributed by atoms with Crippen molar-refractivity contribution in [2.24, 2.45) is 0 Å². The summed E-state index contributed by atoms with van der Waals surface area (Å²) in [5.41, 5.74) is 0.707. The van der Waals surface area contributed by atoms with E-state index in [9.17, 15) is 13.6 Å². The standard InChI is InChI=1S/C17H14F2N2OS/c18-15-8-7-14(11-16(15)19)23-12-17(22)21(10-4-9-20)13-5-2-1-3-6-13/h1-3,5-8,11H,4,10,12H2. The van der Waals surface area contributed by atoms with Crippen molar-refractivity contribution >= 4 is 23.4 Å².